The summed E-state index contributed by atoms with van der Waals surface area (Å²) in [7, 11) is 0. The molecule has 0 spiro atoms. The van der Waals surface area contributed by atoms with E-state index in [9.17, 15) is 9.90 Å². The highest BCUT2D eigenvalue weighted by Crippen LogP contribution is 2.15. The second kappa shape index (κ2) is 8.27. The van der Waals surface area contributed by atoms with Crippen LogP contribution in [-0.2, 0) is 19.6 Å². The molecular formula is C22H21NO2. The Hall–Kier alpha value is -2.91. The van der Waals surface area contributed by atoms with Gasteiger partial charge >= 0.3 is 5.97 Å². The molecule has 1 N–H and O–H groups in total. The van der Waals surface area contributed by atoms with Gasteiger partial charge in [0.1, 0.15) is 0 Å². The van der Waals surface area contributed by atoms with Crippen LogP contribution >= 0.6 is 0 Å². The Bertz CT molecular complexity index is 774. The number of carboxylic acid groups (broad SMARTS) is 1. The third-order valence-corrected chi connectivity index (χ3v) is 4.08. The Morgan fingerprint density at radius 1 is 0.680 bits per heavy atom. The maximum absolute atomic E-state index is 11.2. The van der Waals surface area contributed by atoms with E-state index in [-0.39, 0.29) is 0 Å². The second-order valence-corrected chi connectivity index (χ2v) is 6.12. The number of benzene rings is 3. The first-order chi connectivity index (χ1) is 12.2. The van der Waals surface area contributed by atoms with Crippen molar-refractivity contribution in [1.29, 1.82) is 0 Å². The fourth-order valence-electron chi connectivity index (χ4n) is 2.91. The minimum Gasteiger partial charge on any atom is -0.478 e. The smallest absolute Gasteiger partial charge is 0.335 e. The summed E-state index contributed by atoms with van der Waals surface area (Å²) in [5.41, 5.74) is 3.82. The Morgan fingerprint density at radius 3 is 1.68 bits per heavy atom. The van der Waals surface area contributed by atoms with Gasteiger partial charge in [-0.2, -0.15) is 0 Å². The first kappa shape index (κ1) is 16.9. The van der Waals surface area contributed by atoms with E-state index in [2.05, 4.69) is 29.2 Å². The molecule has 0 fully saturated rings. The first-order valence-corrected chi connectivity index (χ1v) is 8.33. The topological polar surface area (TPSA) is 40.5 Å². The zero-order valence-corrected chi connectivity index (χ0v) is 14.0. The van der Waals surface area contributed by atoms with Gasteiger partial charge in [-0.05, 0) is 28.8 Å². The van der Waals surface area contributed by atoms with Crippen LogP contribution in [0.5, 0.6) is 0 Å². The first-order valence-electron chi connectivity index (χ1n) is 8.33. The predicted octanol–water partition coefficient (Wildman–Crippen LogP) is 4.59. The molecule has 126 valence electrons. The maximum atomic E-state index is 11.2. The van der Waals surface area contributed by atoms with Crippen molar-refractivity contribution in [2.75, 3.05) is 0 Å². The molecule has 0 heterocycles. The standard InChI is InChI=1S/C22H21NO2/c24-22(25)21-13-7-12-20(14-21)17-23(15-18-8-3-1-4-9-18)16-19-10-5-2-6-11-19/h1-14H,15-17H2,(H,24,25). The molecule has 0 aromatic heterocycles. The average molecular weight is 331 g/mol. The van der Waals surface area contributed by atoms with Crippen LogP contribution in [0.25, 0.3) is 0 Å². The highest BCUT2D eigenvalue weighted by atomic mass is 16.4. The third kappa shape index (κ3) is 5.03. The number of carboxylic acids is 1. The van der Waals surface area contributed by atoms with Crippen molar-refractivity contribution in [2.24, 2.45) is 0 Å². The minimum atomic E-state index is -0.889. The van der Waals surface area contributed by atoms with Gasteiger partial charge in [-0.1, -0.05) is 72.8 Å². The molecule has 0 radical (unpaired) electrons. The van der Waals surface area contributed by atoms with Gasteiger partial charge in [-0.3, -0.25) is 4.90 Å². The van der Waals surface area contributed by atoms with Crippen molar-refractivity contribution in [3.63, 3.8) is 0 Å². The number of hydrogen-bond acceptors (Lipinski definition) is 2. The van der Waals surface area contributed by atoms with Gasteiger partial charge in [0.05, 0.1) is 5.56 Å². The Morgan fingerprint density at radius 2 is 1.16 bits per heavy atom. The summed E-state index contributed by atoms with van der Waals surface area (Å²) in [5, 5.41) is 9.20. The van der Waals surface area contributed by atoms with Crippen molar-refractivity contribution < 1.29 is 9.90 Å². The number of nitrogens with zero attached hydrogens (tertiary/aromatic N) is 1. The van der Waals surface area contributed by atoms with E-state index in [1.165, 1.54) is 11.1 Å². The molecule has 0 amide bonds. The van der Waals surface area contributed by atoms with E-state index in [0.717, 1.165) is 18.7 Å². The van der Waals surface area contributed by atoms with Crippen LogP contribution in [0.1, 0.15) is 27.0 Å². The van der Waals surface area contributed by atoms with Crippen molar-refractivity contribution >= 4 is 5.97 Å². The minimum absolute atomic E-state index is 0.330. The van der Waals surface area contributed by atoms with Crippen molar-refractivity contribution in [1.82, 2.24) is 4.90 Å². The molecule has 0 saturated heterocycles. The van der Waals surface area contributed by atoms with E-state index < -0.39 is 5.97 Å². The largest absolute Gasteiger partial charge is 0.478 e. The molecule has 25 heavy (non-hydrogen) atoms. The molecule has 0 aliphatic heterocycles. The number of aromatic carboxylic acids is 1. The van der Waals surface area contributed by atoms with Crippen LogP contribution in [-0.4, -0.2) is 16.0 Å². The SMILES string of the molecule is O=C(O)c1cccc(CN(Cc2ccccc2)Cc2ccccc2)c1. The highest BCUT2D eigenvalue weighted by molar-refractivity contribution is 5.87. The summed E-state index contributed by atoms with van der Waals surface area (Å²) < 4.78 is 0. The summed E-state index contributed by atoms with van der Waals surface area (Å²) >= 11 is 0. The summed E-state index contributed by atoms with van der Waals surface area (Å²) in [6.45, 7) is 2.32. The zero-order valence-electron chi connectivity index (χ0n) is 14.0. The van der Waals surface area contributed by atoms with Crippen molar-refractivity contribution in [3.8, 4) is 0 Å². The lowest BCUT2D eigenvalue weighted by Gasteiger charge is -2.23. The van der Waals surface area contributed by atoms with Crippen molar-refractivity contribution in [2.45, 2.75) is 19.6 Å². The van der Waals surface area contributed by atoms with Gasteiger partial charge in [0.25, 0.3) is 0 Å². The quantitative estimate of drug-likeness (QED) is 0.688. The van der Waals surface area contributed by atoms with Crippen LogP contribution < -0.4 is 0 Å². The van der Waals surface area contributed by atoms with Gasteiger partial charge in [0.15, 0.2) is 0 Å². The summed E-state index contributed by atoms with van der Waals surface area (Å²) in [6, 6.07) is 27.8. The monoisotopic (exact) mass is 331 g/mol. The van der Waals surface area contributed by atoms with E-state index in [1.54, 1.807) is 12.1 Å². The average Bonchev–Trinajstić information content (AvgIpc) is 2.63. The van der Waals surface area contributed by atoms with E-state index in [4.69, 9.17) is 0 Å². The molecule has 0 saturated carbocycles. The molecule has 0 unspecified atom stereocenters. The Kier molecular flexibility index (Phi) is 5.60. The van der Waals surface area contributed by atoms with Crippen LogP contribution in [0.4, 0.5) is 0 Å². The van der Waals surface area contributed by atoms with Crippen molar-refractivity contribution in [3.05, 3.63) is 107 Å². The van der Waals surface area contributed by atoms with Gasteiger partial charge in [0.2, 0.25) is 0 Å². The Balaban J connectivity index is 1.80. The van der Waals surface area contributed by atoms with E-state index >= 15 is 0 Å². The highest BCUT2D eigenvalue weighted by Gasteiger charge is 2.10. The van der Waals surface area contributed by atoms with Gasteiger partial charge in [-0.15, -0.1) is 0 Å². The Labute approximate surface area is 148 Å². The molecule has 3 heteroatoms. The van der Waals surface area contributed by atoms with E-state index in [0.29, 0.717) is 12.1 Å². The molecule has 3 aromatic rings. The lowest BCUT2D eigenvalue weighted by Crippen LogP contribution is -2.22. The second-order valence-electron chi connectivity index (χ2n) is 6.12. The van der Waals surface area contributed by atoms with Gasteiger partial charge < -0.3 is 5.11 Å². The van der Waals surface area contributed by atoms with Crippen LogP contribution in [0.2, 0.25) is 0 Å². The summed E-state index contributed by atoms with van der Waals surface area (Å²) in [5.74, 6) is -0.889. The lowest BCUT2D eigenvalue weighted by molar-refractivity contribution is 0.0696. The van der Waals surface area contributed by atoms with Gasteiger partial charge in [0, 0.05) is 19.6 Å². The molecule has 0 aliphatic carbocycles. The maximum Gasteiger partial charge on any atom is 0.335 e. The number of carbonyl (C=O) groups is 1. The predicted molar refractivity (Wildman–Crippen MR) is 99.2 cm³/mol. The molecule has 0 atom stereocenters. The lowest BCUT2D eigenvalue weighted by atomic mass is 10.1. The van der Waals surface area contributed by atoms with Gasteiger partial charge in [-0.25, -0.2) is 4.79 Å². The fraction of sp³-hybridized carbons (Fsp3) is 0.136. The zero-order chi connectivity index (χ0) is 17.5. The van der Waals surface area contributed by atoms with E-state index in [1.807, 2.05) is 48.5 Å². The summed E-state index contributed by atoms with van der Waals surface area (Å²) in [6.07, 6.45) is 0. The van der Waals surface area contributed by atoms with Crippen LogP contribution in [0, 0.1) is 0 Å². The molecule has 3 nitrogen and oxygen atoms in total. The normalized spacial score (nSPS) is 10.8. The fourth-order valence-corrected chi connectivity index (χ4v) is 2.91. The van der Waals surface area contributed by atoms with Crippen LogP contribution in [0.3, 0.4) is 0 Å². The molecule has 3 rings (SSSR count). The summed E-state index contributed by atoms with van der Waals surface area (Å²) in [4.78, 5) is 13.5. The molecule has 0 aliphatic rings. The molecular weight excluding hydrogens is 310 g/mol. The molecule has 3 aromatic carbocycles. The number of rotatable bonds is 7. The third-order valence-electron chi connectivity index (χ3n) is 4.08. The van der Waals surface area contributed by atoms with Crippen LogP contribution in [0.15, 0.2) is 84.9 Å². The molecule has 0 bridgehead atoms. The number of hydrogen-bond donors (Lipinski definition) is 1.